The lowest BCUT2D eigenvalue weighted by atomic mass is 10.2. The Labute approximate surface area is 165 Å². The molecule has 0 aliphatic heterocycles. The van der Waals surface area contributed by atoms with Crippen molar-refractivity contribution in [1.82, 2.24) is 4.98 Å². The van der Waals surface area contributed by atoms with Crippen molar-refractivity contribution in [3.63, 3.8) is 0 Å². The van der Waals surface area contributed by atoms with Gasteiger partial charge in [-0.05, 0) is 42.5 Å². The number of carbonyl (C=O) groups excluding carboxylic acids is 2. The molecule has 2 N–H and O–H groups in total. The van der Waals surface area contributed by atoms with E-state index in [0.29, 0.717) is 16.9 Å². The van der Waals surface area contributed by atoms with E-state index < -0.39 is 11.7 Å². The Bertz CT molecular complexity index is 999. The van der Waals surface area contributed by atoms with E-state index in [9.17, 15) is 14.0 Å². The molecule has 1 heterocycles. The molecule has 0 saturated carbocycles. The highest BCUT2D eigenvalue weighted by atomic mass is 35.5. The largest absolute Gasteiger partial charge is 0.484 e. The standard InChI is InChI=1S/C20H15ClFN3O3/c21-17-11-16(4-5-18(17)22)28-12-19(26)24-14-2-1-3-15(10-14)25-20(27)13-6-8-23-9-7-13/h1-11H,12H2,(H,24,26)(H,25,27). The van der Waals surface area contributed by atoms with Crippen LogP contribution >= 0.6 is 11.6 Å². The summed E-state index contributed by atoms with van der Waals surface area (Å²) < 4.78 is 18.4. The van der Waals surface area contributed by atoms with Gasteiger partial charge in [0, 0.05) is 35.4 Å². The van der Waals surface area contributed by atoms with Crippen LogP contribution in [0.15, 0.2) is 67.0 Å². The molecular formula is C20H15ClFN3O3. The van der Waals surface area contributed by atoms with E-state index in [1.807, 2.05) is 0 Å². The molecule has 142 valence electrons. The van der Waals surface area contributed by atoms with Crippen LogP contribution in [-0.2, 0) is 4.79 Å². The molecule has 3 rings (SSSR count). The maximum atomic E-state index is 13.1. The minimum atomic E-state index is -0.566. The van der Waals surface area contributed by atoms with Crippen LogP contribution in [0.25, 0.3) is 0 Å². The lowest BCUT2D eigenvalue weighted by Crippen LogP contribution is -2.20. The van der Waals surface area contributed by atoms with Crippen molar-refractivity contribution in [1.29, 1.82) is 0 Å². The van der Waals surface area contributed by atoms with Crippen molar-refractivity contribution in [3.05, 3.63) is 83.4 Å². The minimum absolute atomic E-state index is 0.0875. The Morgan fingerprint density at radius 2 is 1.71 bits per heavy atom. The Balaban J connectivity index is 1.57. The first-order valence-electron chi connectivity index (χ1n) is 8.20. The molecule has 0 saturated heterocycles. The molecule has 2 aromatic carbocycles. The number of halogens is 2. The maximum Gasteiger partial charge on any atom is 0.262 e. The number of rotatable bonds is 6. The molecule has 3 aromatic rings. The highest BCUT2D eigenvalue weighted by molar-refractivity contribution is 6.30. The Kier molecular flexibility index (Phi) is 6.18. The summed E-state index contributed by atoms with van der Waals surface area (Å²) in [7, 11) is 0. The number of hydrogen-bond donors (Lipinski definition) is 2. The van der Waals surface area contributed by atoms with Crippen molar-refractivity contribution in [2.45, 2.75) is 0 Å². The summed E-state index contributed by atoms with van der Waals surface area (Å²) in [6, 6.07) is 13.7. The lowest BCUT2D eigenvalue weighted by molar-refractivity contribution is -0.118. The van der Waals surface area contributed by atoms with Gasteiger partial charge in [-0.1, -0.05) is 17.7 Å². The lowest BCUT2D eigenvalue weighted by Gasteiger charge is -2.10. The number of benzene rings is 2. The van der Waals surface area contributed by atoms with Gasteiger partial charge in [-0.2, -0.15) is 0 Å². The Hall–Kier alpha value is -3.45. The van der Waals surface area contributed by atoms with E-state index in [4.69, 9.17) is 16.3 Å². The van der Waals surface area contributed by atoms with Gasteiger partial charge in [-0.15, -0.1) is 0 Å². The number of nitrogens with one attached hydrogen (secondary N) is 2. The van der Waals surface area contributed by atoms with Crippen molar-refractivity contribution in [2.24, 2.45) is 0 Å². The fourth-order valence-electron chi connectivity index (χ4n) is 2.29. The first-order chi connectivity index (χ1) is 13.5. The van der Waals surface area contributed by atoms with E-state index in [2.05, 4.69) is 15.6 Å². The van der Waals surface area contributed by atoms with Crippen molar-refractivity contribution in [2.75, 3.05) is 17.2 Å². The minimum Gasteiger partial charge on any atom is -0.484 e. The van der Waals surface area contributed by atoms with Gasteiger partial charge >= 0.3 is 0 Å². The molecule has 0 unspecified atom stereocenters. The van der Waals surface area contributed by atoms with E-state index in [-0.39, 0.29) is 23.3 Å². The molecule has 8 heteroatoms. The Morgan fingerprint density at radius 3 is 2.43 bits per heavy atom. The first-order valence-corrected chi connectivity index (χ1v) is 8.58. The first kappa shape index (κ1) is 19.3. The number of nitrogens with zero attached hydrogens (tertiary/aromatic N) is 1. The molecule has 6 nitrogen and oxygen atoms in total. The summed E-state index contributed by atoms with van der Waals surface area (Å²) in [4.78, 5) is 28.1. The zero-order chi connectivity index (χ0) is 19.9. The maximum absolute atomic E-state index is 13.1. The molecule has 0 aliphatic carbocycles. The van der Waals surface area contributed by atoms with Crippen LogP contribution in [0.1, 0.15) is 10.4 Å². The predicted octanol–water partition coefficient (Wildman–Crippen LogP) is 4.14. The molecular weight excluding hydrogens is 385 g/mol. The van der Waals surface area contributed by atoms with Crippen LogP contribution in [-0.4, -0.2) is 23.4 Å². The summed E-state index contributed by atoms with van der Waals surface area (Å²) in [6.07, 6.45) is 3.06. The fourth-order valence-corrected chi connectivity index (χ4v) is 2.46. The summed E-state index contributed by atoms with van der Waals surface area (Å²) in [5.74, 6) is -0.996. The molecule has 0 spiro atoms. The van der Waals surface area contributed by atoms with Crippen LogP contribution in [0.2, 0.25) is 5.02 Å². The van der Waals surface area contributed by atoms with Crippen molar-refractivity contribution >= 4 is 34.8 Å². The number of hydrogen-bond acceptors (Lipinski definition) is 4. The van der Waals surface area contributed by atoms with E-state index >= 15 is 0 Å². The van der Waals surface area contributed by atoms with E-state index in [0.717, 1.165) is 6.07 Å². The molecule has 0 radical (unpaired) electrons. The highest BCUT2D eigenvalue weighted by Crippen LogP contribution is 2.21. The zero-order valence-corrected chi connectivity index (χ0v) is 15.2. The summed E-state index contributed by atoms with van der Waals surface area (Å²) in [6.45, 7) is -0.282. The van der Waals surface area contributed by atoms with Gasteiger partial charge in [-0.25, -0.2) is 4.39 Å². The van der Waals surface area contributed by atoms with E-state index in [1.165, 1.54) is 24.5 Å². The number of anilines is 2. The monoisotopic (exact) mass is 399 g/mol. The van der Waals surface area contributed by atoms with Crippen LogP contribution in [0.4, 0.5) is 15.8 Å². The third kappa shape index (κ3) is 5.28. The normalized spacial score (nSPS) is 10.2. The van der Waals surface area contributed by atoms with Crippen molar-refractivity contribution in [3.8, 4) is 5.75 Å². The smallest absolute Gasteiger partial charge is 0.262 e. The van der Waals surface area contributed by atoms with Crippen LogP contribution in [0.5, 0.6) is 5.75 Å². The second-order valence-electron chi connectivity index (χ2n) is 5.68. The van der Waals surface area contributed by atoms with Crippen LogP contribution < -0.4 is 15.4 Å². The highest BCUT2D eigenvalue weighted by Gasteiger charge is 2.08. The summed E-state index contributed by atoms with van der Waals surface area (Å²) in [5.41, 5.74) is 1.47. The molecule has 0 aliphatic rings. The SMILES string of the molecule is O=C(COc1ccc(F)c(Cl)c1)Nc1cccc(NC(=O)c2ccncc2)c1. The topological polar surface area (TPSA) is 80.3 Å². The third-order valence-electron chi connectivity index (χ3n) is 3.61. The molecule has 28 heavy (non-hydrogen) atoms. The quantitative estimate of drug-likeness (QED) is 0.652. The number of amides is 2. The van der Waals surface area contributed by atoms with Gasteiger partial charge in [0.15, 0.2) is 6.61 Å². The van der Waals surface area contributed by atoms with Gasteiger partial charge in [0.2, 0.25) is 0 Å². The van der Waals surface area contributed by atoms with Gasteiger partial charge in [0.05, 0.1) is 5.02 Å². The summed E-state index contributed by atoms with van der Waals surface area (Å²) in [5, 5.41) is 5.31. The zero-order valence-electron chi connectivity index (χ0n) is 14.5. The second kappa shape index (κ2) is 8.96. The summed E-state index contributed by atoms with van der Waals surface area (Å²) >= 11 is 5.67. The van der Waals surface area contributed by atoms with Crippen molar-refractivity contribution < 1.29 is 18.7 Å². The van der Waals surface area contributed by atoms with Crippen LogP contribution in [0.3, 0.4) is 0 Å². The van der Waals surface area contributed by atoms with Gasteiger partial charge in [0.1, 0.15) is 11.6 Å². The molecule has 2 amide bonds. The van der Waals surface area contributed by atoms with E-state index in [1.54, 1.807) is 36.4 Å². The average molecular weight is 400 g/mol. The molecule has 0 bridgehead atoms. The average Bonchev–Trinajstić information content (AvgIpc) is 2.70. The molecule has 0 fully saturated rings. The number of carbonyl (C=O) groups is 2. The second-order valence-corrected chi connectivity index (χ2v) is 6.09. The Morgan fingerprint density at radius 1 is 1.00 bits per heavy atom. The fraction of sp³-hybridized carbons (Fsp3) is 0.0500. The van der Waals surface area contributed by atoms with Crippen LogP contribution in [0, 0.1) is 5.82 Å². The molecule has 0 atom stereocenters. The van der Waals surface area contributed by atoms with Gasteiger partial charge in [0.25, 0.3) is 11.8 Å². The number of pyridine rings is 1. The molecule has 1 aromatic heterocycles. The van der Waals surface area contributed by atoms with Gasteiger partial charge < -0.3 is 15.4 Å². The third-order valence-corrected chi connectivity index (χ3v) is 3.90. The predicted molar refractivity (Wildman–Crippen MR) is 104 cm³/mol. The number of ether oxygens (including phenoxy) is 1. The number of aromatic nitrogens is 1. The van der Waals surface area contributed by atoms with Gasteiger partial charge in [-0.3, -0.25) is 14.6 Å².